The molecule has 0 bridgehead atoms. The standard InChI is InChI=1S/C5H10N.C4H8N.2CH3.2Y/c1-2-4-6-5-3-1;1-2-4-5-3-1;;;;/h2,6H,1,3-5H2;1,5H,2-4H2;2*1H3;;/q4*-1;;. The van der Waals surface area contributed by atoms with Gasteiger partial charge in [-0.05, 0) is 13.1 Å². The molecule has 2 aliphatic heterocycles. The smallest absolute Gasteiger partial charge is 0 e. The van der Waals surface area contributed by atoms with Crippen LogP contribution in [0.2, 0.25) is 0 Å². The Kier molecular flexibility index (Phi) is 36.9. The van der Waals surface area contributed by atoms with Gasteiger partial charge >= 0.3 is 0 Å². The van der Waals surface area contributed by atoms with Crippen LogP contribution in [0.3, 0.4) is 0 Å². The van der Waals surface area contributed by atoms with E-state index in [2.05, 4.69) is 23.5 Å². The number of nitrogens with one attached hydrogen (secondary N) is 2. The summed E-state index contributed by atoms with van der Waals surface area (Å²) in [6, 6.07) is 0. The minimum absolute atomic E-state index is 0. The molecule has 0 saturated carbocycles. The molecule has 0 aromatic carbocycles. The first-order chi connectivity index (χ1) is 5.50. The van der Waals surface area contributed by atoms with E-state index >= 15 is 0 Å². The number of rotatable bonds is 0. The minimum Gasteiger partial charge on any atom is -0.358 e. The van der Waals surface area contributed by atoms with Gasteiger partial charge in [-0.3, -0.25) is 0 Å². The van der Waals surface area contributed by atoms with Crippen molar-refractivity contribution in [1.82, 2.24) is 10.6 Å². The summed E-state index contributed by atoms with van der Waals surface area (Å²) in [4.78, 5) is 0. The second-order valence-corrected chi connectivity index (χ2v) is 2.92. The molecular weight excluding hydrogens is 338 g/mol. The summed E-state index contributed by atoms with van der Waals surface area (Å²) >= 11 is 0. The molecule has 15 heavy (non-hydrogen) atoms. The van der Waals surface area contributed by atoms with Crippen LogP contribution in [-0.4, -0.2) is 26.2 Å². The zero-order chi connectivity index (χ0) is 7.78. The van der Waals surface area contributed by atoms with Crippen molar-refractivity contribution >= 4 is 0 Å². The van der Waals surface area contributed by atoms with Gasteiger partial charge in [0.1, 0.15) is 0 Å². The van der Waals surface area contributed by atoms with Crippen molar-refractivity contribution in [3.8, 4) is 0 Å². The van der Waals surface area contributed by atoms with E-state index < -0.39 is 0 Å². The minimum atomic E-state index is 0. The van der Waals surface area contributed by atoms with Crippen molar-refractivity contribution in [3.05, 3.63) is 27.7 Å². The molecule has 2 fully saturated rings. The first-order valence-electron chi connectivity index (χ1n) is 4.55. The fourth-order valence-corrected chi connectivity index (χ4v) is 1.19. The van der Waals surface area contributed by atoms with E-state index in [1.807, 2.05) is 0 Å². The Morgan fingerprint density at radius 3 is 1.40 bits per heavy atom. The van der Waals surface area contributed by atoms with Crippen LogP contribution in [0.4, 0.5) is 0 Å². The normalized spacial score (nSPS) is 17.6. The van der Waals surface area contributed by atoms with Gasteiger partial charge in [0.05, 0.1) is 0 Å². The third kappa shape index (κ3) is 18.7. The molecular formula is C11H24N2Y2-4. The van der Waals surface area contributed by atoms with Crippen LogP contribution in [0.25, 0.3) is 0 Å². The van der Waals surface area contributed by atoms with Gasteiger partial charge in [-0.2, -0.15) is 12.8 Å². The molecule has 0 atom stereocenters. The van der Waals surface area contributed by atoms with Crippen LogP contribution in [0.15, 0.2) is 0 Å². The van der Waals surface area contributed by atoms with E-state index in [0.717, 1.165) is 13.1 Å². The molecule has 0 aromatic heterocycles. The van der Waals surface area contributed by atoms with Crippen molar-refractivity contribution < 1.29 is 65.4 Å². The second-order valence-electron chi connectivity index (χ2n) is 2.92. The molecule has 0 spiro atoms. The zero-order valence-corrected chi connectivity index (χ0v) is 15.9. The van der Waals surface area contributed by atoms with Crippen LogP contribution in [-0.2, 0) is 65.4 Å². The Bertz CT molecular complexity index is 65.5. The predicted molar refractivity (Wildman–Crippen MR) is 61.0 cm³/mol. The van der Waals surface area contributed by atoms with Crippen molar-refractivity contribution in [3.63, 3.8) is 0 Å². The maximum atomic E-state index is 3.23. The van der Waals surface area contributed by atoms with Crippen molar-refractivity contribution in [2.24, 2.45) is 0 Å². The summed E-state index contributed by atoms with van der Waals surface area (Å²) in [6.45, 7) is 4.66. The van der Waals surface area contributed by atoms with Gasteiger partial charge in [0.25, 0.3) is 0 Å². The van der Waals surface area contributed by atoms with Gasteiger partial charge in [-0.25, -0.2) is 0 Å². The summed E-state index contributed by atoms with van der Waals surface area (Å²) < 4.78 is 0. The number of piperidine rings is 1. The van der Waals surface area contributed by atoms with Crippen LogP contribution in [0.5, 0.6) is 0 Å². The SMILES string of the molecule is [CH-]1CCCNC1.[CH-]1CCNC1.[CH3-].[CH3-].[Y].[Y]. The second kappa shape index (κ2) is 21.4. The van der Waals surface area contributed by atoms with Crippen LogP contribution in [0.1, 0.15) is 19.3 Å². The van der Waals surface area contributed by atoms with Gasteiger partial charge in [-0.15, -0.1) is 13.1 Å². The van der Waals surface area contributed by atoms with Gasteiger partial charge in [-0.1, -0.05) is 6.42 Å². The maximum absolute atomic E-state index is 3.23. The molecule has 0 aromatic rings. The Morgan fingerprint density at radius 1 is 0.733 bits per heavy atom. The topological polar surface area (TPSA) is 24.1 Å². The van der Waals surface area contributed by atoms with Crippen LogP contribution >= 0.6 is 0 Å². The molecule has 2 rings (SSSR count). The van der Waals surface area contributed by atoms with Crippen molar-refractivity contribution in [2.75, 3.05) is 26.2 Å². The third-order valence-corrected chi connectivity index (χ3v) is 1.86. The van der Waals surface area contributed by atoms with Gasteiger partial charge in [0.2, 0.25) is 0 Å². The van der Waals surface area contributed by atoms with Crippen LogP contribution in [0, 0.1) is 27.7 Å². The van der Waals surface area contributed by atoms with Crippen molar-refractivity contribution in [2.45, 2.75) is 19.3 Å². The van der Waals surface area contributed by atoms with Gasteiger partial charge in [0, 0.05) is 65.4 Å². The molecule has 0 unspecified atom stereocenters. The summed E-state index contributed by atoms with van der Waals surface area (Å²) in [6.07, 6.45) is 8.44. The Morgan fingerprint density at radius 2 is 1.27 bits per heavy atom. The molecule has 2 aliphatic rings. The molecule has 2 heterocycles. The summed E-state index contributed by atoms with van der Waals surface area (Å²) in [5, 5.41) is 6.40. The first kappa shape index (κ1) is 25.9. The maximum Gasteiger partial charge on any atom is 0 e. The van der Waals surface area contributed by atoms with Crippen molar-refractivity contribution in [1.29, 1.82) is 0 Å². The molecule has 2 N–H and O–H groups in total. The van der Waals surface area contributed by atoms with E-state index in [-0.39, 0.29) is 80.3 Å². The van der Waals surface area contributed by atoms with E-state index in [9.17, 15) is 0 Å². The zero-order valence-electron chi connectivity index (χ0n) is 10.3. The molecule has 88 valence electrons. The number of hydrogen-bond acceptors (Lipinski definition) is 2. The van der Waals surface area contributed by atoms with Gasteiger partial charge < -0.3 is 38.3 Å². The van der Waals surface area contributed by atoms with E-state index in [1.165, 1.54) is 32.4 Å². The molecule has 2 saturated heterocycles. The van der Waals surface area contributed by atoms with E-state index in [1.54, 1.807) is 0 Å². The van der Waals surface area contributed by atoms with E-state index in [4.69, 9.17) is 0 Å². The molecule has 0 aliphatic carbocycles. The quantitative estimate of drug-likeness (QED) is 0.641. The predicted octanol–water partition coefficient (Wildman–Crippen LogP) is 1.65. The van der Waals surface area contributed by atoms with E-state index in [0.29, 0.717) is 0 Å². The Labute approximate surface area is 147 Å². The van der Waals surface area contributed by atoms with Crippen LogP contribution < -0.4 is 10.6 Å². The third-order valence-electron chi connectivity index (χ3n) is 1.86. The average molecular weight is 362 g/mol. The molecule has 0 amide bonds. The average Bonchev–Trinajstić information content (AvgIpc) is 2.64. The fourth-order valence-electron chi connectivity index (χ4n) is 1.19. The molecule has 4 heteroatoms. The number of hydrogen-bond donors (Lipinski definition) is 2. The first-order valence-corrected chi connectivity index (χ1v) is 4.55. The Balaban J connectivity index is -0.0000000642. The monoisotopic (exact) mass is 362 g/mol. The largest absolute Gasteiger partial charge is 0.358 e. The summed E-state index contributed by atoms with van der Waals surface area (Å²) in [5.74, 6) is 0. The Hall–Kier alpha value is 2.13. The molecule has 2 radical (unpaired) electrons. The fraction of sp³-hybridized carbons (Fsp3) is 0.636. The molecule has 2 nitrogen and oxygen atoms in total. The van der Waals surface area contributed by atoms with Gasteiger partial charge in [0.15, 0.2) is 0 Å². The summed E-state index contributed by atoms with van der Waals surface area (Å²) in [7, 11) is 0. The summed E-state index contributed by atoms with van der Waals surface area (Å²) in [5.41, 5.74) is 0.